The van der Waals surface area contributed by atoms with Crippen LogP contribution >= 0.6 is 11.3 Å². The van der Waals surface area contributed by atoms with Crippen LogP contribution in [0.15, 0.2) is 76.3 Å². The van der Waals surface area contributed by atoms with E-state index in [4.69, 9.17) is 9.47 Å². The van der Waals surface area contributed by atoms with Gasteiger partial charge in [-0.15, -0.1) is 11.3 Å². The van der Waals surface area contributed by atoms with Crippen molar-refractivity contribution >= 4 is 38.9 Å². The fourth-order valence-corrected chi connectivity index (χ4v) is 5.23. The van der Waals surface area contributed by atoms with Gasteiger partial charge in [-0.25, -0.2) is 13.2 Å². The maximum absolute atomic E-state index is 12.6. The van der Waals surface area contributed by atoms with E-state index in [0.29, 0.717) is 11.4 Å². The molecule has 3 rings (SSSR count). The minimum Gasteiger partial charge on any atom is -0.482 e. The molecule has 0 radical (unpaired) electrons. The Hall–Kier alpha value is -3.37. The van der Waals surface area contributed by atoms with Crippen molar-refractivity contribution in [2.24, 2.45) is 0 Å². The van der Waals surface area contributed by atoms with Crippen LogP contribution in [-0.2, 0) is 24.3 Å². The van der Waals surface area contributed by atoms with Crippen molar-refractivity contribution in [2.45, 2.75) is 17.2 Å². The summed E-state index contributed by atoms with van der Waals surface area (Å²) in [5.41, 5.74) is 1.39. The van der Waals surface area contributed by atoms with Crippen LogP contribution in [-0.4, -0.2) is 40.6 Å². The molecule has 33 heavy (non-hydrogen) atoms. The van der Waals surface area contributed by atoms with Gasteiger partial charge in [0.2, 0.25) is 0 Å². The van der Waals surface area contributed by atoms with E-state index in [9.17, 15) is 18.0 Å². The molecule has 8 nitrogen and oxygen atoms in total. The molecule has 1 amide bonds. The molecule has 0 aliphatic carbocycles. The van der Waals surface area contributed by atoms with Gasteiger partial charge in [0.1, 0.15) is 9.96 Å². The van der Waals surface area contributed by atoms with E-state index in [1.54, 1.807) is 41.8 Å². The first-order valence-electron chi connectivity index (χ1n) is 10.0. The number of anilines is 1. The lowest BCUT2D eigenvalue weighted by Gasteiger charge is -2.18. The van der Waals surface area contributed by atoms with Crippen LogP contribution in [0.3, 0.4) is 0 Å². The Labute approximate surface area is 196 Å². The summed E-state index contributed by atoms with van der Waals surface area (Å²) in [4.78, 5) is 23.9. The molecule has 0 bridgehead atoms. The molecule has 0 fully saturated rings. The Balaban J connectivity index is 1.44. The highest BCUT2D eigenvalue weighted by molar-refractivity contribution is 7.94. The third kappa shape index (κ3) is 6.56. The van der Waals surface area contributed by atoms with E-state index in [1.807, 2.05) is 37.3 Å². The molecule has 1 heterocycles. The van der Waals surface area contributed by atoms with E-state index in [2.05, 4.69) is 5.32 Å². The van der Waals surface area contributed by atoms with E-state index in [-0.39, 0.29) is 16.9 Å². The maximum atomic E-state index is 12.6. The highest BCUT2D eigenvalue weighted by Gasteiger charge is 2.22. The van der Waals surface area contributed by atoms with Crippen LogP contribution in [0.4, 0.5) is 5.69 Å². The number of hydrogen-bond donors (Lipinski definition) is 1. The van der Waals surface area contributed by atoms with Gasteiger partial charge in [-0.2, -0.15) is 0 Å². The number of benzene rings is 2. The van der Waals surface area contributed by atoms with E-state index >= 15 is 0 Å². The topological polar surface area (TPSA) is 102 Å². The molecule has 0 saturated heterocycles. The summed E-state index contributed by atoms with van der Waals surface area (Å²) in [7, 11) is -2.17. The third-order valence-electron chi connectivity index (χ3n) is 4.71. The van der Waals surface area contributed by atoms with Crippen molar-refractivity contribution in [3.8, 4) is 5.75 Å². The number of esters is 1. The van der Waals surface area contributed by atoms with Gasteiger partial charge in [-0.1, -0.05) is 36.4 Å². The highest BCUT2D eigenvalue weighted by atomic mass is 32.2. The molecule has 0 saturated carbocycles. The van der Waals surface area contributed by atoms with E-state index in [0.717, 1.165) is 16.9 Å². The quantitative estimate of drug-likeness (QED) is 0.439. The van der Waals surface area contributed by atoms with E-state index < -0.39 is 28.5 Å². The molecule has 1 aromatic heterocycles. The molecule has 3 aromatic rings. The minimum absolute atomic E-state index is 0.214. The fourth-order valence-electron chi connectivity index (χ4n) is 2.87. The van der Waals surface area contributed by atoms with Crippen molar-refractivity contribution < 1.29 is 27.5 Å². The molecule has 174 valence electrons. The van der Waals surface area contributed by atoms with Gasteiger partial charge < -0.3 is 14.8 Å². The van der Waals surface area contributed by atoms with Crippen LogP contribution in [0.25, 0.3) is 0 Å². The molecule has 1 atom stereocenters. The second-order valence-corrected chi connectivity index (χ2v) is 10.2. The Morgan fingerprint density at radius 3 is 2.33 bits per heavy atom. The van der Waals surface area contributed by atoms with Crippen LogP contribution in [0.2, 0.25) is 0 Å². The lowest BCUT2D eigenvalue weighted by atomic mass is 10.1. The van der Waals surface area contributed by atoms with Gasteiger partial charge in [-0.05, 0) is 48.2 Å². The van der Waals surface area contributed by atoms with Crippen molar-refractivity contribution in [1.29, 1.82) is 0 Å². The number of thiophene rings is 1. The Kier molecular flexibility index (Phi) is 8.07. The Bertz CT molecular complexity index is 1160. The normalized spacial score (nSPS) is 11.9. The average Bonchev–Trinajstić information content (AvgIpc) is 3.38. The van der Waals surface area contributed by atoms with Crippen molar-refractivity contribution in [2.75, 3.05) is 24.6 Å². The second-order valence-electron chi connectivity index (χ2n) is 7.05. The van der Waals surface area contributed by atoms with Gasteiger partial charge in [0.15, 0.2) is 13.2 Å². The monoisotopic (exact) mass is 488 g/mol. The van der Waals surface area contributed by atoms with Gasteiger partial charge in [0.05, 0.1) is 11.7 Å². The number of nitrogens with zero attached hydrogens (tertiary/aromatic N) is 1. The number of nitrogens with one attached hydrogen (secondary N) is 1. The summed E-state index contributed by atoms with van der Waals surface area (Å²) in [5, 5.41) is 4.45. The first kappa shape index (κ1) is 24.3. The molecular weight excluding hydrogens is 464 g/mol. The van der Waals surface area contributed by atoms with Crippen molar-refractivity contribution in [1.82, 2.24) is 5.32 Å². The summed E-state index contributed by atoms with van der Waals surface area (Å²) in [5.74, 6) is -0.752. The zero-order chi connectivity index (χ0) is 23.8. The van der Waals surface area contributed by atoms with Crippen LogP contribution in [0.5, 0.6) is 5.75 Å². The molecule has 10 heteroatoms. The third-order valence-corrected chi connectivity index (χ3v) is 7.87. The highest BCUT2D eigenvalue weighted by Crippen LogP contribution is 2.26. The first-order valence-corrected chi connectivity index (χ1v) is 12.3. The van der Waals surface area contributed by atoms with Crippen LogP contribution in [0.1, 0.15) is 18.5 Å². The SMILES string of the molecule is CC(NC(=O)COC(=O)COc1ccc(N(C)S(=O)(=O)c2cccs2)cc1)c1ccccc1. The molecule has 0 aliphatic heterocycles. The molecule has 2 aromatic carbocycles. The largest absolute Gasteiger partial charge is 0.482 e. The Morgan fingerprint density at radius 2 is 1.70 bits per heavy atom. The van der Waals surface area contributed by atoms with Gasteiger partial charge >= 0.3 is 5.97 Å². The second kappa shape index (κ2) is 11.0. The van der Waals surface area contributed by atoms with Gasteiger partial charge in [-0.3, -0.25) is 9.10 Å². The molecule has 0 spiro atoms. The fraction of sp³-hybridized carbons (Fsp3) is 0.217. The lowest BCUT2D eigenvalue weighted by Crippen LogP contribution is -2.31. The summed E-state index contributed by atoms with van der Waals surface area (Å²) in [6.45, 7) is 1.04. The summed E-state index contributed by atoms with van der Waals surface area (Å²) in [6.07, 6.45) is 0. The minimum atomic E-state index is -3.63. The molecule has 1 unspecified atom stereocenters. The first-order chi connectivity index (χ1) is 15.8. The number of rotatable bonds is 10. The smallest absolute Gasteiger partial charge is 0.344 e. The Morgan fingerprint density at radius 1 is 1.00 bits per heavy atom. The predicted molar refractivity (Wildman–Crippen MR) is 126 cm³/mol. The van der Waals surface area contributed by atoms with Crippen molar-refractivity contribution in [3.63, 3.8) is 0 Å². The number of sulfonamides is 1. The number of amides is 1. The van der Waals surface area contributed by atoms with Crippen LogP contribution < -0.4 is 14.4 Å². The standard InChI is InChI=1S/C23H24N2O6S2/c1-17(18-7-4-3-5-8-18)24-21(26)15-31-22(27)16-30-20-12-10-19(11-13-20)25(2)33(28,29)23-9-6-14-32-23/h3-14,17H,15-16H2,1-2H3,(H,24,26). The lowest BCUT2D eigenvalue weighted by molar-refractivity contribution is -0.150. The summed E-state index contributed by atoms with van der Waals surface area (Å²) >= 11 is 1.14. The maximum Gasteiger partial charge on any atom is 0.344 e. The molecule has 0 aliphatic rings. The molecular formula is C23H24N2O6S2. The predicted octanol–water partition coefficient (Wildman–Crippen LogP) is 3.37. The number of ether oxygens (including phenoxy) is 2. The number of carbonyl (C=O) groups excluding carboxylic acids is 2. The van der Waals surface area contributed by atoms with Crippen LogP contribution in [0, 0.1) is 0 Å². The van der Waals surface area contributed by atoms with E-state index in [1.165, 1.54) is 11.4 Å². The zero-order valence-corrected chi connectivity index (χ0v) is 19.8. The van der Waals surface area contributed by atoms with Crippen molar-refractivity contribution in [3.05, 3.63) is 77.7 Å². The number of hydrogen-bond acceptors (Lipinski definition) is 7. The zero-order valence-electron chi connectivity index (χ0n) is 18.1. The number of carbonyl (C=O) groups is 2. The summed E-state index contributed by atoms with van der Waals surface area (Å²) in [6, 6.07) is 18.7. The average molecular weight is 489 g/mol. The summed E-state index contributed by atoms with van der Waals surface area (Å²) < 4.78 is 36.9. The van der Waals surface area contributed by atoms with Gasteiger partial charge in [0, 0.05) is 7.05 Å². The molecule has 1 N–H and O–H groups in total. The van der Waals surface area contributed by atoms with Gasteiger partial charge in [0.25, 0.3) is 15.9 Å².